The number of nitrogens with two attached hydrogens (primary N) is 1. The predicted octanol–water partition coefficient (Wildman–Crippen LogP) is 2.99. The van der Waals surface area contributed by atoms with E-state index in [4.69, 9.17) is 5.73 Å². The monoisotopic (exact) mass is 411 g/mol. The Morgan fingerprint density at radius 1 is 1.29 bits per heavy atom. The third-order valence-corrected chi connectivity index (χ3v) is 2.31. The molecule has 1 rings (SSSR count). The quantitative estimate of drug-likeness (QED) is 0.348. The molecule has 0 aliphatic rings. The number of nitrogens with zero attached hydrogens (tertiary/aromatic N) is 1. The number of rotatable bonds is 3. The van der Waals surface area contributed by atoms with Crippen LogP contribution < -0.4 is 11.1 Å². The van der Waals surface area contributed by atoms with Gasteiger partial charge in [0.15, 0.2) is 5.96 Å². The lowest BCUT2D eigenvalue weighted by Gasteiger charge is -2.05. The largest absolute Gasteiger partial charge is 0.416 e. The van der Waals surface area contributed by atoms with Crippen molar-refractivity contribution in [3.05, 3.63) is 35.4 Å². The molecule has 3 N–H and O–H groups in total. The summed E-state index contributed by atoms with van der Waals surface area (Å²) in [6.45, 7) is 2.92. The van der Waals surface area contributed by atoms with Gasteiger partial charge < -0.3 is 11.1 Å². The summed E-state index contributed by atoms with van der Waals surface area (Å²) >= 11 is 0. The molecule has 7 heteroatoms. The van der Waals surface area contributed by atoms with Crippen molar-refractivity contribution in [1.29, 1.82) is 0 Å². The van der Waals surface area contributed by atoms with E-state index in [0.29, 0.717) is 24.6 Å². The number of halogens is 4. The predicted molar refractivity (Wildman–Crippen MR) is 88.5 cm³/mol. The first-order chi connectivity index (χ1) is 9.43. The van der Waals surface area contributed by atoms with E-state index >= 15 is 0 Å². The molecule has 0 atom stereocenters. The van der Waals surface area contributed by atoms with Gasteiger partial charge in [0.25, 0.3) is 0 Å². The standard InChI is InChI=1S/C14H16F3N3.HI/c1-2-9-19-13(18)20-10-3-4-11-5-7-12(8-6-11)14(15,16)17;/h5-8H,2,9-10H2,1H3,(H3,18,19,20);1H. The summed E-state index contributed by atoms with van der Waals surface area (Å²) in [5.41, 5.74) is 5.39. The number of aliphatic imine (C=N–C) groups is 1. The second-order valence-corrected chi connectivity index (χ2v) is 4.00. The van der Waals surface area contributed by atoms with Crippen LogP contribution in [0.4, 0.5) is 13.2 Å². The molecule has 1 aromatic rings. The van der Waals surface area contributed by atoms with Gasteiger partial charge in [0.2, 0.25) is 0 Å². The number of benzene rings is 1. The summed E-state index contributed by atoms with van der Waals surface area (Å²) in [6, 6.07) is 4.69. The molecule has 21 heavy (non-hydrogen) atoms. The smallest absolute Gasteiger partial charge is 0.370 e. The third-order valence-electron chi connectivity index (χ3n) is 2.31. The molecule has 0 aromatic heterocycles. The van der Waals surface area contributed by atoms with Crippen molar-refractivity contribution in [2.24, 2.45) is 10.7 Å². The minimum absolute atomic E-state index is 0. The van der Waals surface area contributed by atoms with Crippen molar-refractivity contribution in [1.82, 2.24) is 5.32 Å². The van der Waals surface area contributed by atoms with Crippen LogP contribution in [0.3, 0.4) is 0 Å². The molecule has 0 amide bonds. The number of hydrogen-bond acceptors (Lipinski definition) is 1. The maximum absolute atomic E-state index is 12.3. The first-order valence-electron chi connectivity index (χ1n) is 6.13. The Hall–Kier alpha value is -1.43. The molecule has 3 nitrogen and oxygen atoms in total. The fourth-order valence-corrected chi connectivity index (χ4v) is 1.31. The molecule has 116 valence electrons. The summed E-state index contributed by atoms with van der Waals surface area (Å²) in [7, 11) is 0. The van der Waals surface area contributed by atoms with E-state index in [0.717, 1.165) is 18.6 Å². The van der Waals surface area contributed by atoms with Gasteiger partial charge in [-0.05, 0) is 30.7 Å². The number of alkyl halides is 3. The van der Waals surface area contributed by atoms with Gasteiger partial charge in [-0.15, -0.1) is 24.0 Å². The lowest BCUT2D eigenvalue weighted by molar-refractivity contribution is -0.137. The Morgan fingerprint density at radius 2 is 1.90 bits per heavy atom. The second kappa shape index (κ2) is 9.50. The van der Waals surface area contributed by atoms with Gasteiger partial charge >= 0.3 is 6.18 Å². The van der Waals surface area contributed by atoms with Crippen molar-refractivity contribution in [2.75, 3.05) is 13.1 Å². The van der Waals surface area contributed by atoms with Crippen LogP contribution in [0.2, 0.25) is 0 Å². The Bertz CT molecular complexity index is 513. The summed E-state index contributed by atoms with van der Waals surface area (Å²) in [6.07, 6.45) is -3.42. The molecule has 0 unspecified atom stereocenters. The fourth-order valence-electron chi connectivity index (χ4n) is 1.31. The van der Waals surface area contributed by atoms with Crippen LogP contribution in [-0.2, 0) is 6.18 Å². The Balaban J connectivity index is 0.00000400. The topological polar surface area (TPSA) is 50.4 Å². The minimum atomic E-state index is -4.32. The van der Waals surface area contributed by atoms with Crippen molar-refractivity contribution in [2.45, 2.75) is 19.5 Å². The van der Waals surface area contributed by atoms with Crippen molar-refractivity contribution in [3.63, 3.8) is 0 Å². The molecule has 0 radical (unpaired) electrons. The van der Waals surface area contributed by atoms with Gasteiger partial charge in [0.1, 0.15) is 0 Å². The second-order valence-electron chi connectivity index (χ2n) is 4.00. The van der Waals surface area contributed by atoms with Crippen LogP contribution in [0.15, 0.2) is 29.3 Å². The average molecular weight is 411 g/mol. The molecule has 0 heterocycles. The summed E-state index contributed by atoms with van der Waals surface area (Å²) < 4.78 is 37.0. The van der Waals surface area contributed by atoms with Gasteiger partial charge in [0, 0.05) is 12.1 Å². The highest BCUT2D eigenvalue weighted by Crippen LogP contribution is 2.28. The van der Waals surface area contributed by atoms with E-state index in [2.05, 4.69) is 22.2 Å². The maximum atomic E-state index is 12.3. The molecule has 0 saturated carbocycles. The van der Waals surface area contributed by atoms with Gasteiger partial charge in [-0.25, -0.2) is 0 Å². The van der Waals surface area contributed by atoms with Gasteiger partial charge in [-0.3, -0.25) is 4.99 Å². The lowest BCUT2D eigenvalue weighted by atomic mass is 10.1. The molecular formula is C14H17F3IN3. The highest BCUT2D eigenvalue weighted by atomic mass is 127. The Labute approximate surface area is 139 Å². The van der Waals surface area contributed by atoms with Crippen LogP contribution in [0.1, 0.15) is 24.5 Å². The summed E-state index contributed by atoms with van der Waals surface area (Å²) in [5, 5.41) is 2.80. The van der Waals surface area contributed by atoms with E-state index in [1.54, 1.807) is 0 Å². The van der Waals surface area contributed by atoms with E-state index in [-0.39, 0.29) is 24.0 Å². The molecule has 0 bridgehead atoms. The van der Waals surface area contributed by atoms with Crippen LogP contribution in [0, 0.1) is 11.8 Å². The minimum Gasteiger partial charge on any atom is -0.370 e. The zero-order valence-electron chi connectivity index (χ0n) is 11.5. The summed E-state index contributed by atoms with van der Waals surface area (Å²) in [4.78, 5) is 4.02. The van der Waals surface area contributed by atoms with Gasteiger partial charge in [-0.2, -0.15) is 13.2 Å². The highest BCUT2D eigenvalue weighted by Gasteiger charge is 2.29. The van der Waals surface area contributed by atoms with Crippen molar-refractivity contribution < 1.29 is 13.2 Å². The van der Waals surface area contributed by atoms with Gasteiger partial charge in [-0.1, -0.05) is 18.8 Å². The van der Waals surface area contributed by atoms with E-state index < -0.39 is 11.7 Å². The SMILES string of the molecule is CCCN=C(N)NCC#Cc1ccc(C(F)(F)F)cc1.I. The van der Waals surface area contributed by atoms with Gasteiger partial charge in [0.05, 0.1) is 12.1 Å². The summed E-state index contributed by atoms with van der Waals surface area (Å²) in [5.74, 6) is 5.82. The van der Waals surface area contributed by atoms with Crippen LogP contribution in [0.5, 0.6) is 0 Å². The van der Waals surface area contributed by atoms with Crippen LogP contribution >= 0.6 is 24.0 Å². The zero-order chi connectivity index (χ0) is 15.0. The Kier molecular flexibility index (Phi) is 8.85. The normalized spacial score (nSPS) is 11.1. The highest BCUT2D eigenvalue weighted by molar-refractivity contribution is 14.0. The van der Waals surface area contributed by atoms with Crippen molar-refractivity contribution >= 4 is 29.9 Å². The molecule has 0 aliphatic heterocycles. The van der Waals surface area contributed by atoms with Crippen molar-refractivity contribution in [3.8, 4) is 11.8 Å². The molecular weight excluding hydrogens is 394 g/mol. The Morgan fingerprint density at radius 3 is 2.43 bits per heavy atom. The van der Waals surface area contributed by atoms with E-state index in [1.807, 2.05) is 6.92 Å². The molecule has 1 aromatic carbocycles. The average Bonchev–Trinajstić information content (AvgIpc) is 2.41. The molecule has 0 fully saturated rings. The maximum Gasteiger partial charge on any atom is 0.416 e. The molecule has 0 aliphatic carbocycles. The fraction of sp³-hybridized carbons (Fsp3) is 0.357. The molecule has 0 saturated heterocycles. The number of hydrogen-bond donors (Lipinski definition) is 2. The molecule has 0 spiro atoms. The number of guanidine groups is 1. The lowest BCUT2D eigenvalue weighted by Crippen LogP contribution is -2.32. The number of nitrogens with one attached hydrogen (secondary N) is 1. The first kappa shape index (κ1) is 19.6. The van der Waals surface area contributed by atoms with Crippen LogP contribution in [0.25, 0.3) is 0 Å². The third kappa shape index (κ3) is 7.80. The first-order valence-corrected chi connectivity index (χ1v) is 6.13. The van der Waals surface area contributed by atoms with E-state index in [1.165, 1.54) is 12.1 Å². The van der Waals surface area contributed by atoms with E-state index in [9.17, 15) is 13.2 Å². The van der Waals surface area contributed by atoms with Crippen LogP contribution in [-0.4, -0.2) is 19.0 Å². The zero-order valence-corrected chi connectivity index (χ0v) is 13.8.